The Morgan fingerprint density at radius 3 is 2.87 bits per heavy atom. The Hall–Kier alpha value is -1.16. The summed E-state index contributed by atoms with van der Waals surface area (Å²) >= 11 is 1.76. The van der Waals surface area contributed by atoms with E-state index in [1.54, 1.807) is 11.8 Å². The lowest BCUT2D eigenvalue weighted by atomic mass is 10.2. The van der Waals surface area contributed by atoms with E-state index in [4.69, 9.17) is 0 Å². The maximum absolute atomic E-state index is 11.1. The Kier molecular flexibility index (Phi) is 4.49. The fourth-order valence-corrected chi connectivity index (χ4v) is 2.03. The number of anilines is 1. The van der Waals surface area contributed by atoms with E-state index in [-0.39, 0.29) is 0 Å². The first-order valence-corrected chi connectivity index (χ1v) is 5.75. The van der Waals surface area contributed by atoms with Gasteiger partial charge >= 0.3 is 6.09 Å². The van der Waals surface area contributed by atoms with E-state index < -0.39 is 6.09 Å². The van der Waals surface area contributed by atoms with Gasteiger partial charge in [0.1, 0.15) is 0 Å². The van der Waals surface area contributed by atoms with Crippen LogP contribution >= 0.6 is 11.8 Å². The molecule has 0 saturated heterocycles. The highest BCUT2D eigenvalue weighted by Crippen LogP contribution is 2.27. The molecule has 0 bridgehead atoms. The van der Waals surface area contributed by atoms with Crippen molar-refractivity contribution in [2.24, 2.45) is 0 Å². The number of hydrogen-bond acceptors (Lipinski definition) is 3. The second kappa shape index (κ2) is 5.66. The number of thioether (sulfide) groups is 1. The summed E-state index contributed by atoms with van der Waals surface area (Å²) in [6.07, 6.45) is -0.434. The molecule has 0 aliphatic rings. The average molecular weight is 225 g/mol. The molecule has 0 aromatic heterocycles. The third kappa shape index (κ3) is 3.16. The minimum Gasteiger partial charge on any atom is -0.453 e. The zero-order valence-electron chi connectivity index (χ0n) is 9.16. The van der Waals surface area contributed by atoms with Crippen molar-refractivity contribution in [2.45, 2.75) is 18.7 Å². The van der Waals surface area contributed by atoms with E-state index in [0.717, 1.165) is 17.0 Å². The van der Waals surface area contributed by atoms with Crippen molar-refractivity contribution in [2.75, 3.05) is 18.2 Å². The average Bonchev–Trinajstić information content (AvgIpc) is 2.24. The quantitative estimate of drug-likeness (QED) is 0.802. The highest BCUT2D eigenvalue weighted by Gasteiger charge is 2.06. The normalized spacial score (nSPS) is 9.80. The predicted molar refractivity (Wildman–Crippen MR) is 63.6 cm³/mol. The van der Waals surface area contributed by atoms with Crippen molar-refractivity contribution in [1.29, 1.82) is 0 Å². The SMILES string of the molecule is CCSc1cccc(NC(=O)OC)c1C. The summed E-state index contributed by atoms with van der Waals surface area (Å²) in [6, 6.07) is 5.84. The molecule has 0 heterocycles. The lowest BCUT2D eigenvalue weighted by Gasteiger charge is -2.10. The summed E-state index contributed by atoms with van der Waals surface area (Å²) in [5, 5.41) is 2.68. The van der Waals surface area contributed by atoms with E-state index in [9.17, 15) is 4.79 Å². The summed E-state index contributed by atoms with van der Waals surface area (Å²) in [7, 11) is 1.36. The predicted octanol–water partition coefficient (Wildman–Crippen LogP) is 3.29. The molecule has 1 aromatic rings. The highest BCUT2D eigenvalue weighted by atomic mass is 32.2. The van der Waals surface area contributed by atoms with Crippen LogP contribution in [0.3, 0.4) is 0 Å². The van der Waals surface area contributed by atoms with Crippen LogP contribution in [0.2, 0.25) is 0 Å². The van der Waals surface area contributed by atoms with Gasteiger partial charge in [-0.2, -0.15) is 0 Å². The van der Waals surface area contributed by atoms with Crippen molar-refractivity contribution in [3.05, 3.63) is 23.8 Å². The zero-order valence-corrected chi connectivity index (χ0v) is 9.98. The number of rotatable bonds is 3. The second-order valence-electron chi connectivity index (χ2n) is 2.98. The van der Waals surface area contributed by atoms with E-state index >= 15 is 0 Å². The largest absolute Gasteiger partial charge is 0.453 e. The van der Waals surface area contributed by atoms with Gasteiger partial charge in [0.05, 0.1) is 7.11 Å². The molecule has 1 rings (SSSR count). The Bertz CT molecular complexity index is 352. The molecule has 0 radical (unpaired) electrons. The number of ether oxygens (including phenoxy) is 1. The lowest BCUT2D eigenvalue weighted by Crippen LogP contribution is -2.12. The molecule has 0 unspecified atom stereocenters. The molecule has 4 heteroatoms. The van der Waals surface area contributed by atoms with Gasteiger partial charge in [-0.15, -0.1) is 11.8 Å². The molecule has 1 amide bonds. The van der Waals surface area contributed by atoms with Crippen LogP contribution < -0.4 is 5.32 Å². The zero-order chi connectivity index (χ0) is 11.3. The molecule has 0 aliphatic carbocycles. The minimum atomic E-state index is -0.434. The van der Waals surface area contributed by atoms with Crippen LogP contribution in [0.4, 0.5) is 10.5 Å². The number of nitrogens with one attached hydrogen (secondary N) is 1. The number of benzene rings is 1. The van der Waals surface area contributed by atoms with Crippen molar-refractivity contribution in [1.82, 2.24) is 0 Å². The summed E-state index contributed by atoms with van der Waals surface area (Å²) in [5.41, 5.74) is 1.88. The summed E-state index contributed by atoms with van der Waals surface area (Å²) < 4.78 is 4.55. The number of methoxy groups -OCH3 is 1. The maximum Gasteiger partial charge on any atom is 0.411 e. The smallest absolute Gasteiger partial charge is 0.411 e. The standard InChI is InChI=1S/C11H15NO2S/c1-4-15-10-7-5-6-9(8(10)2)12-11(13)14-3/h5-7H,4H2,1-3H3,(H,12,13). The monoisotopic (exact) mass is 225 g/mol. The number of amides is 1. The fraction of sp³-hybridized carbons (Fsp3) is 0.364. The van der Waals surface area contributed by atoms with Gasteiger partial charge in [0.25, 0.3) is 0 Å². The van der Waals surface area contributed by atoms with Crippen LogP contribution in [0.15, 0.2) is 23.1 Å². The van der Waals surface area contributed by atoms with Gasteiger partial charge in [0.2, 0.25) is 0 Å². The Morgan fingerprint density at radius 2 is 2.27 bits per heavy atom. The number of carbonyl (C=O) groups is 1. The summed E-state index contributed by atoms with van der Waals surface area (Å²) in [5.74, 6) is 1.02. The molecule has 15 heavy (non-hydrogen) atoms. The maximum atomic E-state index is 11.1. The first-order valence-electron chi connectivity index (χ1n) is 4.76. The van der Waals surface area contributed by atoms with E-state index in [1.807, 2.05) is 25.1 Å². The molecule has 0 spiro atoms. The third-order valence-electron chi connectivity index (χ3n) is 2.01. The second-order valence-corrected chi connectivity index (χ2v) is 4.28. The van der Waals surface area contributed by atoms with Crippen LogP contribution in [0.1, 0.15) is 12.5 Å². The summed E-state index contributed by atoms with van der Waals surface area (Å²) in [4.78, 5) is 12.2. The van der Waals surface area contributed by atoms with Crippen LogP contribution in [-0.4, -0.2) is 19.0 Å². The Balaban J connectivity index is 2.88. The lowest BCUT2D eigenvalue weighted by molar-refractivity contribution is 0.187. The fourth-order valence-electron chi connectivity index (χ4n) is 1.22. The molecule has 0 saturated carbocycles. The van der Waals surface area contributed by atoms with Crippen LogP contribution in [0.25, 0.3) is 0 Å². The van der Waals surface area contributed by atoms with Gasteiger partial charge < -0.3 is 4.74 Å². The van der Waals surface area contributed by atoms with E-state index in [2.05, 4.69) is 17.0 Å². The Morgan fingerprint density at radius 1 is 1.53 bits per heavy atom. The first-order chi connectivity index (χ1) is 7.19. The van der Waals surface area contributed by atoms with Gasteiger partial charge in [-0.05, 0) is 30.4 Å². The minimum absolute atomic E-state index is 0.434. The van der Waals surface area contributed by atoms with E-state index in [0.29, 0.717) is 0 Å². The molecule has 0 atom stereocenters. The third-order valence-corrected chi connectivity index (χ3v) is 3.05. The van der Waals surface area contributed by atoms with E-state index in [1.165, 1.54) is 12.0 Å². The number of hydrogen-bond donors (Lipinski definition) is 1. The van der Waals surface area contributed by atoms with Crippen molar-refractivity contribution in [3.63, 3.8) is 0 Å². The molecule has 1 N–H and O–H groups in total. The topological polar surface area (TPSA) is 38.3 Å². The molecule has 0 fully saturated rings. The molecule has 3 nitrogen and oxygen atoms in total. The van der Waals surface area contributed by atoms with Gasteiger partial charge in [-0.25, -0.2) is 4.79 Å². The van der Waals surface area contributed by atoms with Crippen LogP contribution in [0, 0.1) is 6.92 Å². The molecular formula is C11H15NO2S. The number of carbonyl (C=O) groups excluding carboxylic acids is 1. The molecule has 1 aromatic carbocycles. The Labute approximate surface area is 94.2 Å². The first kappa shape index (κ1) is 11.9. The van der Waals surface area contributed by atoms with Gasteiger partial charge in [0, 0.05) is 10.6 Å². The van der Waals surface area contributed by atoms with Crippen LogP contribution in [0.5, 0.6) is 0 Å². The highest BCUT2D eigenvalue weighted by molar-refractivity contribution is 7.99. The molecular weight excluding hydrogens is 210 g/mol. The summed E-state index contributed by atoms with van der Waals surface area (Å²) in [6.45, 7) is 4.09. The van der Waals surface area contributed by atoms with Crippen molar-refractivity contribution >= 4 is 23.5 Å². The molecule has 0 aliphatic heterocycles. The van der Waals surface area contributed by atoms with Gasteiger partial charge in [-0.1, -0.05) is 13.0 Å². The van der Waals surface area contributed by atoms with Crippen molar-refractivity contribution in [3.8, 4) is 0 Å². The van der Waals surface area contributed by atoms with Crippen molar-refractivity contribution < 1.29 is 9.53 Å². The van der Waals surface area contributed by atoms with Gasteiger partial charge in [0.15, 0.2) is 0 Å². The molecule has 82 valence electrons. The van der Waals surface area contributed by atoms with Crippen LogP contribution in [-0.2, 0) is 4.74 Å². The van der Waals surface area contributed by atoms with Gasteiger partial charge in [-0.3, -0.25) is 5.32 Å².